The molecule has 0 bridgehead atoms. The van der Waals surface area contributed by atoms with E-state index in [0.29, 0.717) is 36.7 Å². The minimum absolute atomic E-state index is 0.0314. The van der Waals surface area contributed by atoms with Crippen LogP contribution in [0.15, 0.2) is 79.5 Å². The molecule has 3 N–H and O–H groups in total. The summed E-state index contributed by atoms with van der Waals surface area (Å²) >= 11 is 0. The van der Waals surface area contributed by atoms with Crippen molar-refractivity contribution in [2.45, 2.75) is 76.0 Å². The number of nitrogens with zero attached hydrogens (tertiary/aromatic N) is 10. The van der Waals surface area contributed by atoms with Gasteiger partial charge in [0.05, 0.1) is 24.4 Å². The van der Waals surface area contributed by atoms with Crippen molar-refractivity contribution in [1.82, 2.24) is 49.3 Å². The van der Waals surface area contributed by atoms with Crippen LogP contribution in [-0.4, -0.2) is 91.8 Å². The predicted molar refractivity (Wildman–Crippen MR) is 191 cm³/mol. The summed E-state index contributed by atoms with van der Waals surface area (Å²) in [7, 11) is 0. The number of hydrogen-bond acceptors (Lipinski definition) is 12. The number of halogens is 3. The number of imidazole rings is 2. The van der Waals surface area contributed by atoms with Crippen LogP contribution in [0.4, 0.5) is 24.9 Å². The van der Waals surface area contributed by atoms with Gasteiger partial charge in [-0.1, -0.05) is 60.7 Å². The van der Waals surface area contributed by atoms with Gasteiger partial charge in [0.1, 0.15) is 12.1 Å². The van der Waals surface area contributed by atoms with E-state index in [1.54, 1.807) is 13.3 Å². The summed E-state index contributed by atoms with van der Waals surface area (Å²) in [6, 6.07) is 18.2. The predicted octanol–water partition coefficient (Wildman–Crippen LogP) is 4.82. The maximum absolute atomic E-state index is 13.5. The third-order valence-corrected chi connectivity index (χ3v) is 9.46. The van der Waals surface area contributed by atoms with E-state index in [0.717, 1.165) is 21.6 Å². The fourth-order valence-corrected chi connectivity index (χ4v) is 6.70. The summed E-state index contributed by atoms with van der Waals surface area (Å²) in [4.78, 5) is 31.9. The number of rotatable bonds is 13. The number of carbonyl (C=O) groups excluding carboxylic acids is 1. The molecular formula is C36H39F3N12O3. The fourth-order valence-electron chi connectivity index (χ4n) is 6.70. The maximum Gasteiger partial charge on any atom is 0.490 e. The van der Waals surface area contributed by atoms with Crippen molar-refractivity contribution in [1.29, 1.82) is 0 Å². The van der Waals surface area contributed by atoms with Crippen LogP contribution in [0.5, 0.6) is 0 Å². The van der Waals surface area contributed by atoms with Crippen molar-refractivity contribution in [3.05, 3.63) is 102 Å². The highest BCUT2D eigenvalue weighted by molar-refractivity contribution is 5.84. The minimum Gasteiger partial charge on any atom is -0.451 e. The van der Waals surface area contributed by atoms with Crippen LogP contribution in [0.25, 0.3) is 11.2 Å². The Hall–Kier alpha value is -5.91. The summed E-state index contributed by atoms with van der Waals surface area (Å²) < 4.78 is 49.0. The highest BCUT2D eigenvalue weighted by Crippen LogP contribution is 2.42. The van der Waals surface area contributed by atoms with Gasteiger partial charge in [-0.3, -0.25) is 0 Å². The van der Waals surface area contributed by atoms with Gasteiger partial charge in [0, 0.05) is 37.7 Å². The minimum atomic E-state index is -5.29. The number of esters is 1. The molecule has 4 heterocycles. The number of ether oxygens (including phenoxy) is 1. The Bertz CT molecular complexity index is 2150. The molecule has 1 aliphatic rings. The zero-order chi connectivity index (χ0) is 38.0. The molecule has 54 heavy (non-hydrogen) atoms. The molecule has 0 spiro atoms. The summed E-state index contributed by atoms with van der Waals surface area (Å²) in [5.41, 5.74) is 3.58. The number of tetrazole rings is 1. The largest absolute Gasteiger partial charge is 0.490 e. The van der Waals surface area contributed by atoms with Gasteiger partial charge in [-0.25, -0.2) is 14.8 Å². The molecular weight excluding hydrogens is 705 g/mol. The van der Waals surface area contributed by atoms with E-state index < -0.39 is 36.4 Å². The number of carbonyl (C=O) groups is 1. The monoisotopic (exact) mass is 744 g/mol. The van der Waals surface area contributed by atoms with E-state index in [2.05, 4.69) is 49.9 Å². The Kier molecular flexibility index (Phi) is 10.3. The average Bonchev–Trinajstić information content (AvgIpc) is 3.96. The number of hydrogen-bond donors (Lipinski definition) is 3. The number of aliphatic hydroxyl groups excluding tert-OH is 1. The van der Waals surface area contributed by atoms with Gasteiger partial charge in [0.25, 0.3) is 0 Å². The first kappa shape index (κ1) is 36.4. The SMILES string of the molecule is Cc1nnn([C@H]2C[C@@H](n3cnc4c(NCC(c5ccccc5)c5ccccc5)nc(NCCc5cn(C(C)C)cn5)nc43)[C@H](OC(=O)C(F)(F)F)[C@@H]2O)n1. The first-order valence-electron chi connectivity index (χ1n) is 17.5. The Balaban J connectivity index is 1.25. The van der Waals surface area contributed by atoms with Gasteiger partial charge in [0.2, 0.25) is 5.95 Å². The highest BCUT2D eigenvalue weighted by Gasteiger charge is 2.52. The molecule has 0 amide bonds. The smallest absolute Gasteiger partial charge is 0.451 e. The van der Waals surface area contributed by atoms with E-state index in [1.807, 2.05) is 71.4 Å². The number of anilines is 2. The molecule has 1 fully saturated rings. The number of aromatic nitrogens is 10. The standard InChI is InChI=1S/C36H39F3N12O3/c1-21(2)49-18-25(42-19-49)14-15-40-35-44-32(41-17-26(23-10-6-4-7-11-23)24-12-8-5-9-13-24)29-33(45-35)50(20-43-29)28-16-27(51-47-22(3)46-48-51)30(52)31(28)54-34(53)36(37,38)39/h4-13,18-21,26-28,30-31,52H,14-17H2,1-3H3,(H2,40,41,44,45)/t27-,28+,30+,31-/m0/s1. The molecule has 0 unspecified atom stereocenters. The molecule has 7 rings (SSSR count). The maximum atomic E-state index is 13.5. The van der Waals surface area contributed by atoms with Gasteiger partial charge in [0.15, 0.2) is 28.9 Å². The molecule has 4 aromatic heterocycles. The van der Waals surface area contributed by atoms with Crippen molar-refractivity contribution >= 4 is 28.9 Å². The van der Waals surface area contributed by atoms with E-state index in [1.165, 1.54) is 10.9 Å². The molecule has 0 aliphatic heterocycles. The summed E-state index contributed by atoms with van der Waals surface area (Å²) in [6.07, 6.45) is -2.90. The fraction of sp³-hybridized carbons (Fsp3) is 0.389. The van der Waals surface area contributed by atoms with Crippen molar-refractivity contribution in [3.63, 3.8) is 0 Å². The first-order chi connectivity index (χ1) is 26.0. The van der Waals surface area contributed by atoms with Crippen molar-refractivity contribution in [2.24, 2.45) is 0 Å². The molecule has 15 nitrogen and oxygen atoms in total. The van der Waals surface area contributed by atoms with Crippen LogP contribution in [-0.2, 0) is 16.0 Å². The molecule has 4 atom stereocenters. The van der Waals surface area contributed by atoms with Gasteiger partial charge in [-0.05, 0) is 43.5 Å². The van der Waals surface area contributed by atoms with E-state index in [-0.39, 0.29) is 30.0 Å². The van der Waals surface area contributed by atoms with Crippen molar-refractivity contribution in [2.75, 3.05) is 23.7 Å². The van der Waals surface area contributed by atoms with E-state index in [4.69, 9.17) is 14.7 Å². The zero-order valence-electron chi connectivity index (χ0n) is 29.7. The number of alkyl halides is 3. The van der Waals surface area contributed by atoms with Gasteiger partial charge in [-0.15, -0.1) is 10.2 Å². The molecule has 6 aromatic rings. The van der Waals surface area contributed by atoms with Crippen LogP contribution in [0, 0.1) is 6.92 Å². The normalized spacial score (nSPS) is 18.8. The number of benzene rings is 2. The molecule has 0 saturated heterocycles. The molecule has 2 aromatic carbocycles. The lowest BCUT2D eigenvalue weighted by molar-refractivity contribution is -0.210. The second kappa shape index (κ2) is 15.2. The molecule has 1 aliphatic carbocycles. The van der Waals surface area contributed by atoms with Crippen LogP contribution >= 0.6 is 0 Å². The lowest BCUT2D eigenvalue weighted by atomic mass is 9.91. The van der Waals surface area contributed by atoms with Crippen LogP contribution < -0.4 is 10.6 Å². The summed E-state index contributed by atoms with van der Waals surface area (Å²) in [6.45, 7) is 6.54. The average molecular weight is 745 g/mol. The Morgan fingerprint density at radius 3 is 2.30 bits per heavy atom. The van der Waals surface area contributed by atoms with Crippen LogP contribution in [0.2, 0.25) is 0 Å². The Labute approximate surface area is 307 Å². The van der Waals surface area contributed by atoms with Gasteiger partial charge in [-0.2, -0.15) is 27.9 Å². The topological polar surface area (TPSA) is 176 Å². The number of aliphatic hydroxyl groups is 1. The van der Waals surface area contributed by atoms with E-state index >= 15 is 0 Å². The van der Waals surface area contributed by atoms with Gasteiger partial charge < -0.3 is 29.6 Å². The Morgan fingerprint density at radius 2 is 1.69 bits per heavy atom. The second-order valence-electron chi connectivity index (χ2n) is 13.4. The molecule has 18 heteroatoms. The highest BCUT2D eigenvalue weighted by atomic mass is 19.4. The lowest BCUT2D eigenvalue weighted by Gasteiger charge is -2.24. The third-order valence-electron chi connectivity index (χ3n) is 9.46. The molecule has 1 saturated carbocycles. The van der Waals surface area contributed by atoms with E-state index in [9.17, 15) is 23.1 Å². The van der Waals surface area contributed by atoms with Gasteiger partial charge >= 0.3 is 12.1 Å². The Morgan fingerprint density at radius 1 is 0.981 bits per heavy atom. The first-order valence-corrected chi connectivity index (χ1v) is 17.5. The molecule has 0 radical (unpaired) electrons. The third kappa shape index (κ3) is 7.73. The lowest BCUT2D eigenvalue weighted by Crippen LogP contribution is -2.39. The van der Waals surface area contributed by atoms with Crippen LogP contribution in [0.1, 0.15) is 67.0 Å². The number of fused-ring (bicyclic) bond motifs is 1. The number of nitrogens with one attached hydrogen (secondary N) is 2. The molecule has 282 valence electrons. The summed E-state index contributed by atoms with van der Waals surface area (Å²) in [5.74, 6) is -1.63. The van der Waals surface area contributed by atoms with Crippen LogP contribution in [0.3, 0.4) is 0 Å². The van der Waals surface area contributed by atoms with Crippen molar-refractivity contribution in [3.8, 4) is 0 Å². The second-order valence-corrected chi connectivity index (χ2v) is 13.4. The quantitative estimate of drug-likeness (QED) is 0.138. The zero-order valence-corrected chi connectivity index (χ0v) is 29.7. The number of aryl methyl sites for hydroxylation is 1. The summed E-state index contributed by atoms with van der Waals surface area (Å²) in [5, 5.41) is 30.0. The van der Waals surface area contributed by atoms with Crippen molar-refractivity contribution < 1.29 is 27.8 Å².